The van der Waals surface area contributed by atoms with E-state index >= 15 is 0 Å². The molecule has 3 rings (SSSR count). The molecule has 0 atom stereocenters. The highest BCUT2D eigenvalue weighted by atomic mass is 19.1. The van der Waals surface area contributed by atoms with Crippen molar-refractivity contribution in [1.82, 2.24) is 14.7 Å². The van der Waals surface area contributed by atoms with Crippen molar-refractivity contribution < 1.29 is 13.9 Å². The number of carbonyl (C=O) groups is 1. The molecule has 1 saturated heterocycles. The monoisotopic (exact) mass is 345 g/mol. The quantitative estimate of drug-likeness (QED) is 0.856. The Morgan fingerprint density at radius 1 is 1.24 bits per heavy atom. The van der Waals surface area contributed by atoms with Crippen molar-refractivity contribution in [2.75, 3.05) is 20.2 Å². The maximum Gasteiger partial charge on any atom is 0.227 e. The van der Waals surface area contributed by atoms with Gasteiger partial charge < -0.3 is 9.64 Å². The van der Waals surface area contributed by atoms with Crippen LogP contribution in [0.5, 0.6) is 0 Å². The molecular weight excluding hydrogens is 321 g/mol. The van der Waals surface area contributed by atoms with Crippen LogP contribution in [0.2, 0.25) is 0 Å². The van der Waals surface area contributed by atoms with Crippen LogP contribution in [0, 0.1) is 19.7 Å². The second kappa shape index (κ2) is 7.35. The lowest BCUT2D eigenvalue weighted by atomic mass is 10.1. The van der Waals surface area contributed by atoms with Gasteiger partial charge in [0.1, 0.15) is 5.82 Å². The molecule has 0 unspecified atom stereocenters. The van der Waals surface area contributed by atoms with E-state index in [-0.39, 0.29) is 17.8 Å². The average Bonchev–Trinajstić information content (AvgIpc) is 2.90. The Kier molecular flexibility index (Phi) is 5.18. The van der Waals surface area contributed by atoms with E-state index in [2.05, 4.69) is 5.10 Å². The van der Waals surface area contributed by atoms with E-state index in [0.29, 0.717) is 6.42 Å². The summed E-state index contributed by atoms with van der Waals surface area (Å²) in [4.78, 5) is 14.6. The number of benzene rings is 1. The third-order valence-electron chi connectivity index (χ3n) is 4.97. The highest BCUT2D eigenvalue weighted by Crippen LogP contribution is 2.21. The molecule has 0 aliphatic carbocycles. The predicted molar refractivity (Wildman–Crippen MR) is 93.3 cm³/mol. The highest BCUT2D eigenvalue weighted by Gasteiger charge is 2.24. The Morgan fingerprint density at radius 3 is 2.48 bits per heavy atom. The van der Waals surface area contributed by atoms with Crippen LogP contribution in [-0.2, 0) is 16.0 Å². The Hall–Kier alpha value is -2.21. The molecule has 0 radical (unpaired) electrons. The molecule has 0 N–H and O–H groups in total. The molecule has 6 heteroatoms. The van der Waals surface area contributed by atoms with Crippen molar-refractivity contribution in [3.8, 4) is 5.69 Å². The van der Waals surface area contributed by atoms with Gasteiger partial charge >= 0.3 is 0 Å². The number of halogens is 1. The standard InChI is InChI=1S/C19H24FN3O2/c1-13-18(12-19(24)22-10-8-17(25-3)9-11-22)14(2)23(21-13)16-6-4-15(20)5-7-16/h4-7,17H,8-12H2,1-3H3. The number of methoxy groups -OCH3 is 1. The van der Waals surface area contributed by atoms with Gasteiger partial charge in [-0.15, -0.1) is 0 Å². The lowest BCUT2D eigenvalue weighted by molar-refractivity contribution is -0.132. The maximum absolute atomic E-state index is 13.1. The van der Waals surface area contributed by atoms with Gasteiger partial charge in [-0.25, -0.2) is 9.07 Å². The summed E-state index contributed by atoms with van der Waals surface area (Å²) in [6.07, 6.45) is 2.37. The van der Waals surface area contributed by atoms with E-state index < -0.39 is 0 Å². The van der Waals surface area contributed by atoms with Gasteiger partial charge in [-0.2, -0.15) is 5.10 Å². The number of hydrogen-bond donors (Lipinski definition) is 0. The third kappa shape index (κ3) is 3.74. The number of carbonyl (C=O) groups excluding carboxylic acids is 1. The van der Waals surface area contributed by atoms with Crippen LogP contribution < -0.4 is 0 Å². The van der Waals surface area contributed by atoms with Gasteiger partial charge in [0, 0.05) is 31.5 Å². The minimum atomic E-state index is -0.278. The molecule has 1 aliphatic heterocycles. The van der Waals surface area contributed by atoms with E-state index in [0.717, 1.165) is 48.6 Å². The van der Waals surface area contributed by atoms with Crippen molar-refractivity contribution >= 4 is 5.91 Å². The fourth-order valence-electron chi connectivity index (χ4n) is 3.37. The van der Waals surface area contributed by atoms with E-state index in [1.54, 1.807) is 23.9 Å². The molecule has 2 heterocycles. The van der Waals surface area contributed by atoms with Crippen molar-refractivity contribution in [1.29, 1.82) is 0 Å². The second-order valence-corrected chi connectivity index (χ2v) is 6.53. The first-order valence-corrected chi connectivity index (χ1v) is 8.61. The number of nitrogens with zero attached hydrogens (tertiary/aromatic N) is 3. The Bertz CT molecular complexity index is 747. The number of aryl methyl sites for hydroxylation is 1. The van der Waals surface area contributed by atoms with Crippen molar-refractivity contribution in [2.24, 2.45) is 0 Å². The van der Waals surface area contributed by atoms with E-state index in [4.69, 9.17) is 4.74 Å². The van der Waals surface area contributed by atoms with Crippen molar-refractivity contribution in [2.45, 2.75) is 39.2 Å². The SMILES string of the molecule is COC1CCN(C(=O)Cc2c(C)nn(-c3ccc(F)cc3)c2C)CC1. The second-order valence-electron chi connectivity index (χ2n) is 6.53. The molecular formula is C19H24FN3O2. The number of likely N-dealkylation sites (tertiary alicyclic amines) is 1. The Balaban J connectivity index is 1.75. The van der Waals surface area contributed by atoms with Crippen LogP contribution in [-0.4, -0.2) is 46.9 Å². The number of rotatable bonds is 4. The molecule has 0 saturated carbocycles. The molecule has 134 valence electrons. The van der Waals surface area contributed by atoms with Gasteiger partial charge in [0.05, 0.1) is 23.9 Å². The molecule has 1 aromatic heterocycles. The summed E-state index contributed by atoms with van der Waals surface area (Å²) in [6, 6.07) is 6.21. The van der Waals surface area contributed by atoms with Gasteiger partial charge in [-0.3, -0.25) is 4.79 Å². The summed E-state index contributed by atoms with van der Waals surface area (Å²) >= 11 is 0. The Labute approximate surface area is 147 Å². The molecule has 2 aromatic rings. The van der Waals surface area contributed by atoms with Crippen LogP contribution in [0.1, 0.15) is 29.8 Å². The maximum atomic E-state index is 13.1. The third-order valence-corrected chi connectivity index (χ3v) is 4.97. The van der Waals surface area contributed by atoms with Crippen LogP contribution in [0.25, 0.3) is 5.69 Å². The number of piperidine rings is 1. The molecule has 0 spiro atoms. The first kappa shape index (κ1) is 17.6. The van der Waals surface area contributed by atoms with E-state index in [1.807, 2.05) is 18.7 Å². The summed E-state index contributed by atoms with van der Waals surface area (Å²) in [5.74, 6) is -0.153. The van der Waals surface area contributed by atoms with Crippen LogP contribution in [0.4, 0.5) is 4.39 Å². The summed E-state index contributed by atoms with van der Waals surface area (Å²) in [6.45, 7) is 5.33. The number of hydrogen-bond acceptors (Lipinski definition) is 3. The molecule has 0 bridgehead atoms. The molecule has 1 aliphatic rings. The summed E-state index contributed by atoms with van der Waals surface area (Å²) in [5.41, 5.74) is 3.50. The number of amides is 1. The van der Waals surface area contributed by atoms with E-state index in [9.17, 15) is 9.18 Å². The zero-order valence-corrected chi connectivity index (χ0v) is 15.0. The zero-order valence-electron chi connectivity index (χ0n) is 15.0. The lowest BCUT2D eigenvalue weighted by Gasteiger charge is -2.31. The summed E-state index contributed by atoms with van der Waals surface area (Å²) in [5, 5.41) is 4.54. The van der Waals surface area contributed by atoms with Crippen LogP contribution >= 0.6 is 0 Å². The molecule has 1 aromatic carbocycles. The largest absolute Gasteiger partial charge is 0.381 e. The summed E-state index contributed by atoms with van der Waals surface area (Å²) in [7, 11) is 1.72. The van der Waals surface area contributed by atoms with Gasteiger partial charge in [0.25, 0.3) is 0 Å². The lowest BCUT2D eigenvalue weighted by Crippen LogP contribution is -2.41. The minimum Gasteiger partial charge on any atom is -0.381 e. The smallest absolute Gasteiger partial charge is 0.227 e. The normalized spacial score (nSPS) is 15.6. The fraction of sp³-hybridized carbons (Fsp3) is 0.474. The summed E-state index contributed by atoms with van der Waals surface area (Å²) < 4.78 is 20.3. The van der Waals surface area contributed by atoms with E-state index in [1.165, 1.54) is 12.1 Å². The Morgan fingerprint density at radius 2 is 1.88 bits per heavy atom. The van der Waals surface area contributed by atoms with Crippen LogP contribution in [0.15, 0.2) is 24.3 Å². The fourth-order valence-corrected chi connectivity index (χ4v) is 3.37. The van der Waals surface area contributed by atoms with Gasteiger partial charge in [-0.1, -0.05) is 0 Å². The van der Waals surface area contributed by atoms with Gasteiger partial charge in [0.15, 0.2) is 0 Å². The molecule has 1 amide bonds. The first-order valence-electron chi connectivity index (χ1n) is 8.61. The molecule has 5 nitrogen and oxygen atoms in total. The number of ether oxygens (including phenoxy) is 1. The molecule has 25 heavy (non-hydrogen) atoms. The molecule has 1 fully saturated rings. The first-order chi connectivity index (χ1) is 12.0. The average molecular weight is 345 g/mol. The van der Waals surface area contributed by atoms with Crippen LogP contribution in [0.3, 0.4) is 0 Å². The predicted octanol–water partition coefficient (Wildman–Crippen LogP) is 2.81. The minimum absolute atomic E-state index is 0.124. The zero-order chi connectivity index (χ0) is 18.0. The van der Waals surface area contributed by atoms with Crippen molar-refractivity contribution in [3.05, 3.63) is 47.0 Å². The highest BCUT2D eigenvalue weighted by molar-refractivity contribution is 5.79. The van der Waals surface area contributed by atoms with Crippen molar-refractivity contribution in [3.63, 3.8) is 0 Å². The van der Waals surface area contributed by atoms with Gasteiger partial charge in [-0.05, 0) is 51.0 Å². The number of aromatic nitrogens is 2. The topological polar surface area (TPSA) is 47.4 Å². The van der Waals surface area contributed by atoms with Gasteiger partial charge in [0.2, 0.25) is 5.91 Å².